The van der Waals surface area contributed by atoms with Crippen LogP contribution in [-0.2, 0) is 14.6 Å². The van der Waals surface area contributed by atoms with Gasteiger partial charge in [0.25, 0.3) is 10.0 Å². The summed E-state index contributed by atoms with van der Waals surface area (Å²) in [6, 6.07) is 10.7. The first-order valence-corrected chi connectivity index (χ1v) is 14.8. The quantitative estimate of drug-likeness (QED) is 0.370. The van der Waals surface area contributed by atoms with Crippen molar-refractivity contribution in [3.05, 3.63) is 64.2 Å². The van der Waals surface area contributed by atoms with E-state index in [1.54, 1.807) is 12.1 Å². The molecule has 0 heterocycles. The van der Waals surface area contributed by atoms with E-state index in [2.05, 4.69) is 52.9 Å². The Kier molecular flexibility index (Phi) is 7.09. The summed E-state index contributed by atoms with van der Waals surface area (Å²) in [5.74, 6) is 0. The van der Waals surface area contributed by atoms with Gasteiger partial charge in [0.05, 0.1) is 10.9 Å². The fourth-order valence-corrected chi connectivity index (χ4v) is 6.51. The predicted octanol–water partition coefficient (Wildman–Crippen LogP) is 6.61. The van der Waals surface area contributed by atoms with Gasteiger partial charge in [-0.25, -0.2) is 8.42 Å². The fraction of sp³-hybridized carbons (Fsp3) is 0.500. The van der Waals surface area contributed by atoms with Crippen LogP contribution in [0.1, 0.15) is 61.6 Å². The summed E-state index contributed by atoms with van der Waals surface area (Å²) in [5, 5.41) is -0.134. The van der Waals surface area contributed by atoms with Crippen molar-refractivity contribution in [2.45, 2.75) is 84.5 Å². The van der Waals surface area contributed by atoms with Crippen LogP contribution in [0.3, 0.4) is 0 Å². The first-order chi connectivity index (χ1) is 13.6. The molecule has 2 aromatic rings. The zero-order valence-corrected chi connectivity index (χ0v) is 21.9. The molecule has 30 heavy (non-hydrogen) atoms. The van der Waals surface area contributed by atoms with Gasteiger partial charge in [-0.2, -0.15) is 0 Å². The molecule has 0 fully saturated rings. The third kappa shape index (κ3) is 5.05. The zero-order valence-electron chi connectivity index (χ0n) is 20.1. The van der Waals surface area contributed by atoms with Crippen LogP contribution in [0.15, 0.2) is 41.3 Å². The van der Waals surface area contributed by atoms with Gasteiger partial charge >= 0.3 is 0 Å². The minimum Gasteiger partial charge on any atom is -0.328 e. The molecule has 166 valence electrons. The minimum absolute atomic E-state index is 0.134. The normalized spacial score (nSPS) is 14.2. The molecular formula is C24H37NO3SSi. The molecule has 0 saturated carbocycles. The molecule has 6 heteroatoms. The maximum atomic E-state index is 13.8. The van der Waals surface area contributed by atoms with Gasteiger partial charge in [-0.1, -0.05) is 60.6 Å². The summed E-state index contributed by atoms with van der Waals surface area (Å²) in [7, 11) is -6.27. The Morgan fingerprint density at radius 2 is 1.37 bits per heavy atom. The average molecular weight is 448 g/mol. The van der Waals surface area contributed by atoms with Gasteiger partial charge < -0.3 is 4.53 Å². The van der Waals surface area contributed by atoms with E-state index in [9.17, 15) is 8.42 Å². The van der Waals surface area contributed by atoms with Crippen molar-refractivity contribution >= 4 is 18.3 Å². The Balaban J connectivity index is 2.66. The van der Waals surface area contributed by atoms with E-state index in [0.717, 1.165) is 22.3 Å². The molecule has 2 rings (SSSR count). The van der Waals surface area contributed by atoms with Crippen LogP contribution in [0.4, 0.5) is 0 Å². The second-order valence-corrected chi connectivity index (χ2v) is 16.4. The molecule has 0 aliphatic heterocycles. The maximum Gasteiger partial charge on any atom is 0.264 e. The molecule has 4 nitrogen and oxygen atoms in total. The molecule has 1 atom stereocenters. The number of sulfonamides is 1. The second-order valence-electron chi connectivity index (χ2n) is 9.91. The molecule has 0 aromatic heterocycles. The predicted molar refractivity (Wildman–Crippen MR) is 128 cm³/mol. The number of aryl methyl sites for hydroxylation is 4. The highest BCUT2D eigenvalue weighted by Crippen LogP contribution is 2.41. The Labute approximate surface area is 184 Å². The fourth-order valence-electron chi connectivity index (χ4n) is 3.47. The lowest BCUT2D eigenvalue weighted by atomic mass is 9.95. The monoisotopic (exact) mass is 447 g/mol. The number of hydrogen-bond acceptors (Lipinski definition) is 3. The lowest BCUT2D eigenvalue weighted by Gasteiger charge is -2.41. The van der Waals surface area contributed by atoms with Gasteiger partial charge in [0, 0.05) is 0 Å². The van der Waals surface area contributed by atoms with Crippen molar-refractivity contribution < 1.29 is 12.9 Å². The van der Waals surface area contributed by atoms with Gasteiger partial charge in [-0.15, -0.1) is 0 Å². The number of nitrogens with zero attached hydrogens (tertiary/aromatic N) is 1. The lowest BCUT2D eigenvalue weighted by Crippen LogP contribution is -2.49. The van der Waals surface area contributed by atoms with Crippen LogP contribution >= 0.6 is 0 Å². The highest BCUT2D eigenvalue weighted by molar-refractivity contribution is 7.89. The van der Waals surface area contributed by atoms with Crippen LogP contribution in [0.5, 0.6) is 0 Å². The van der Waals surface area contributed by atoms with Crippen LogP contribution in [0.2, 0.25) is 18.1 Å². The first kappa shape index (κ1) is 24.8. The number of benzene rings is 2. The summed E-state index contributed by atoms with van der Waals surface area (Å²) >= 11 is 0. The Bertz CT molecular complexity index is 983. The topological polar surface area (TPSA) is 46.6 Å². The molecule has 0 N–H and O–H groups in total. The molecule has 0 amide bonds. The van der Waals surface area contributed by atoms with Crippen molar-refractivity contribution in [3.8, 4) is 0 Å². The van der Waals surface area contributed by atoms with Gasteiger partial charge in [-0.3, -0.25) is 0 Å². The number of rotatable bonds is 6. The molecule has 0 saturated heterocycles. The van der Waals surface area contributed by atoms with E-state index < -0.39 is 24.4 Å². The van der Waals surface area contributed by atoms with E-state index >= 15 is 0 Å². The SMILES string of the molecule is Cc1ccc(S(=O)(=O)N(O[Si](C)(C)C(C)(C)C)C(C)c2c(C)cc(C)cc2C)cc1. The molecule has 0 aliphatic carbocycles. The molecule has 1 unspecified atom stereocenters. The Morgan fingerprint density at radius 1 is 0.900 bits per heavy atom. The van der Waals surface area contributed by atoms with E-state index in [4.69, 9.17) is 4.53 Å². The second kappa shape index (κ2) is 8.58. The van der Waals surface area contributed by atoms with E-state index in [1.165, 1.54) is 10.0 Å². The Hall–Kier alpha value is -1.47. The molecule has 2 aromatic carbocycles. The summed E-state index contributed by atoms with van der Waals surface area (Å²) in [6.07, 6.45) is 0. The first-order valence-electron chi connectivity index (χ1n) is 10.5. The molecule has 0 aliphatic rings. The summed E-state index contributed by atoms with van der Waals surface area (Å²) in [5.41, 5.74) is 5.32. The smallest absolute Gasteiger partial charge is 0.264 e. The molecule has 0 radical (unpaired) electrons. The van der Waals surface area contributed by atoms with E-state index in [1.807, 2.05) is 39.8 Å². The summed E-state index contributed by atoms with van der Waals surface area (Å²) in [4.78, 5) is 0.251. The van der Waals surface area contributed by atoms with Crippen LogP contribution < -0.4 is 0 Å². The maximum absolute atomic E-state index is 13.8. The summed E-state index contributed by atoms with van der Waals surface area (Å²) in [6.45, 7) is 20.5. The highest BCUT2D eigenvalue weighted by Gasteiger charge is 2.44. The number of hydrogen-bond donors (Lipinski definition) is 0. The van der Waals surface area contributed by atoms with E-state index in [-0.39, 0.29) is 9.93 Å². The molecule has 0 spiro atoms. The van der Waals surface area contributed by atoms with Gasteiger partial charge in [-0.05, 0) is 81.6 Å². The Morgan fingerprint density at radius 3 is 1.80 bits per heavy atom. The van der Waals surface area contributed by atoms with Crippen molar-refractivity contribution in [1.29, 1.82) is 0 Å². The van der Waals surface area contributed by atoms with Crippen LogP contribution in [0.25, 0.3) is 0 Å². The van der Waals surface area contributed by atoms with Crippen molar-refractivity contribution in [1.82, 2.24) is 4.47 Å². The standard InChI is InChI=1S/C24H37NO3SSi/c1-17-11-13-22(14-12-17)29(26,27)25(28-30(9,10)24(6,7)8)21(5)23-19(3)15-18(2)16-20(23)4/h11-16,21H,1-10H3. The average Bonchev–Trinajstić information content (AvgIpc) is 2.58. The zero-order chi connectivity index (χ0) is 23.1. The van der Waals surface area contributed by atoms with E-state index in [0.29, 0.717) is 0 Å². The highest BCUT2D eigenvalue weighted by atomic mass is 32.2. The molecular weight excluding hydrogens is 410 g/mol. The largest absolute Gasteiger partial charge is 0.328 e. The molecule has 0 bridgehead atoms. The minimum atomic E-state index is -3.86. The number of hydroxylamine groups is 1. The van der Waals surface area contributed by atoms with Gasteiger partial charge in [0.1, 0.15) is 0 Å². The third-order valence-electron chi connectivity index (χ3n) is 6.15. The van der Waals surface area contributed by atoms with Crippen molar-refractivity contribution in [3.63, 3.8) is 0 Å². The van der Waals surface area contributed by atoms with Crippen molar-refractivity contribution in [2.75, 3.05) is 0 Å². The summed E-state index contributed by atoms with van der Waals surface area (Å²) < 4.78 is 35.3. The lowest BCUT2D eigenvalue weighted by molar-refractivity contribution is -0.0155. The third-order valence-corrected chi connectivity index (χ3v) is 12.3. The van der Waals surface area contributed by atoms with Crippen LogP contribution in [0, 0.1) is 27.7 Å². The van der Waals surface area contributed by atoms with Crippen LogP contribution in [-0.4, -0.2) is 21.2 Å². The van der Waals surface area contributed by atoms with Crippen molar-refractivity contribution in [2.24, 2.45) is 0 Å². The van der Waals surface area contributed by atoms with Gasteiger partial charge in [0.15, 0.2) is 0 Å². The van der Waals surface area contributed by atoms with Gasteiger partial charge in [0.2, 0.25) is 8.32 Å².